The number of nitrogens with zero attached hydrogens (tertiary/aromatic N) is 1. The van der Waals surface area contributed by atoms with Gasteiger partial charge in [-0.2, -0.15) is 0 Å². The number of aromatic amines is 1. The molecule has 158 valence electrons. The largest absolute Gasteiger partial charge is 0.548 e. The van der Waals surface area contributed by atoms with E-state index in [0.717, 1.165) is 46.3 Å². The number of fused-ring (bicyclic) bond motifs is 3. The lowest BCUT2D eigenvalue weighted by Crippen LogP contribution is -2.56. The molecule has 2 aromatic rings. The first-order valence-electron chi connectivity index (χ1n) is 11.5. The SMILES string of the molecule is CC(=O)N1C(C(=O)[O-])Cc2c([nH]c3ccccc23)C1CC12CC3CC(CC(C3)C1)C2. The molecule has 4 saturated carbocycles. The van der Waals surface area contributed by atoms with Crippen molar-refractivity contribution in [3.05, 3.63) is 35.5 Å². The highest BCUT2D eigenvalue weighted by atomic mass is 16.4. The second-order valence-corrected chi connectivity index (χ2v) is 10.7. The molecule has 0 spiro atoms. The number of carbonyl (C=O) groups excluding carboxylic acids is 2. The number of carbonyl (C=O) groups is 2. The summed E-state index contributed by atoms with van der Waals surface area (Å²) in [7, 11) is 0. The normalized spacial score (nSPS) is 36.8. The maximum Gasteiger partial charge on any atom is 0.220 e. The first-order valence-corrected chi connectivity index (χ1v) is 11.5. The Labute approximate surface area is 176 Å². The van der Waals surface area contributed by atoms with Crippen molar-refractivity contribution in [2.45, 2.75) is 70.4 Å². The zero-order chi connectivity index (χ0) is 20.6. The molecule has 2 atom stereocenters. The molecule has 1 amide bonds. The molecular formula is C25H29N2O3-. The van der Waals surface area contributed by atoms with Crippen molar-refractivity contribution in [3.63, 3.8) is 0 Å². The lowest BCUT2D eigenvalue weighted by Gasteiger charge is -2.58. The molecule has 4 bridgehead atoms. The topological polar surface area (TPSA) is 76.2 Å². The van der Waals surface area contributed by atoms with Gasteiger partial charge in [-0.3, -0.25) is 4.79 Å². The first-order chi connectivity index (χ1) is 14.4. The average Bonchev–Trinajstić information content (AvgIpc) is 3.05. The second kappa shape index (κ2) is 6.35. The summed E-state index contributed by atoms with van der Waals surface area (Å²) in [5.74, 6) is 1.17. The van der Waals surface area contributed by atoms with Gasteiger partial charge >= 0.3 is 0 Å². The van der Waals surface area contributed by atoms with Crippen LogP contribution in [-0.2, 0) is 16.0 Å². The molecule has 0 radical (unpaired) electrons. The zero-order valence-corrected chi connectivity index (χ0v) is 17.5. The van der Waals surface area contributed by atoms with Crippen LogP contribution in [0.15, 0.2) is 24.3 Å². The molecule has 2 heterocycles. The van der Waals surface area contributed by atoms with Crippen LogP contribution >= 0.6 is 0 Å². The summed E-state index contributed by atoms with van der Waals surface area (Å²) >= 11 is 0. The minimum absolute atomic E-state index is 0.164. The van der Waals surface area contributed by atoms with E-state index < -0.39 is 12.0 Å². The summed E-state index contributed by atoms with van der Waals surface area (Å²) in [5.41, 5.74) is 3.39. The van der Waals surface area contributed by atoms with Gasteiger partial charge in [-0.25, -0.2) is 0 Å². The van der Waals surface area contributed by atoms with Crippen LogP contribution in [0.1, 0.15) is 69.2 Å². The van der Waals surface area contributed by atoms with E-state index in [1.165, 1.54) is 45.4 Å². The molecule has 4 fully saturated rings. The number of hydrogen-bond acceptors (Lipinski definition) is 3. The smallest absolute Gasteiger partial charge is 0.220 e. The Morgan fingerprint density at radius 2 is 1.73 bits per heavy atom. The Hall–Kier alpha value is -2.30. The van der Waals surface area contributed by atoms with Crippen LogP contribution in [0.25, 0.3) is 10.9 Å². The van der Waals surface area contributed by atoms with Gasteiger partial charge in [-0.15, -0.1) is 0 Å². The van der Waals surface area contributed by atoms with Crippen LogP contribution in [0.5, 0.6) is 0 Å². The summed E-state index contributed by atoms with van der Waals surface area (Å²) in [5, 5.41) is 13.2. The number of carboxylic acid groups (broad SMARTS) is 1. The lowest BCUT2D eigenvalue weighted by molar-refractivity contribution is -0.312. The van der Waals surface area contributed by atoms with Crippen molar-refractivity contribution in [1.82, 2.24) is 9.88 Å². The molecule has 2 unspecified atom stereocenters. The van der Waals surface area contributed by atoms with Gasteiger partial charge in [0.2, 0.25) is 5.91 Å². The van der Waals surface area contributed by atoms with Crippen molar-refractivity contribution < 1.29 is 14.7 Å². The zero-order valence-electron chi connectivity index (χ0n) is 17.5. The van der Waals surface area contributed by atoms with E-state index >= 15 is 0 Å². The molecule has 4 aliphatic carbocycles. The predicted molar refractivity (Wildman–Crippen MR) is 111 cm³/mol. The van der Waals surface area contributed by atoms with E-state index in [1.807, 2.05) is 18.2 Å². The second-order valence-electron chi connectivity index (χ2n) is 10.7. The molecule has 5 heteroatoms. The number of aromatic nitrogens is 1. The third-order valence-corrected chi connectivity index (χ3v) is 8.68. The Bertz CT molecular complexity index is 1000. The summed E-state index contributed by atoms with van der Waals surface area (Å²) in [6.45, 7) is 1.51. The number of para-hydroxylation sites is 1. The van der Waals surface area contributed by atoms with Crippen LogP contribution in [-0.4, -0.2) is 27.8 Å². The molecule has 7 rings (SSSR count). The number of benzene rings is 1. The number of hydrogen-bond donors (Lipinski definition) is 1. The van der Waals surface area contributed by atoms with Crippen LogP contribution in [0, 0.1) is 23.2 Å². The Kier molecular flexibility index (Phi) is 3.91. The molecule has 1 N–H and O–H groups in total. The van der Waals surface area contributed by atoms with E-state index in [4.69, 9.17) is 0 Å². The van der Waals surface area contributed by atoms with Crippen molar-refractivity contribution in [2.75, 3.05) is 0 Å². The summed E-state index contributed by atoms with van der Waals surface area (Å²) in [6.07, 6.45) is 9.05. The lowest BCUT2D eigenvalue weighted by atomic mass is 9.48. The van der Waals surface area contributed by atoms with Gasteiger partial charge in [0, 0.05) is 29.9 Å². The number of carboxylic acids is 1. The van der Waals surface area contributed by atoms with E-state index in [0.29, 0.717) is 6.42 Å². The molecule has 30 heavy (non-hydrogen) atoms. The minimum Gasteiger partial charge on any atom is -0.548 e. The Morgan fingerprint density at radius 1 is 1.10 bits per heavy atom. The van der Waals surface area contributed by atoms with Gasteiger partial charge in [0.05, 0.1) is 18.1 Å². The molecular weight excluding hydrogens is 376 g/mol. The van der Waals surface area contributed by atoms with Crippen molar-refractivity contribution in [1.29, 1.82) is 0 Å². The fourth-order valence-corrected chi connectivity index (χ4v) is 8.16. The maximum atomic E-state index is 12.8. The van der Waals surface area contributed by atoms with Crippen LogP contribution in [0.3, 0.4) is 0 Å². The maximum absolute atomic E-state index is 12.8. The molecule has 5 aliphatic rings. The minimum atomic E-state index is -1.14. The van der Waals surface area contributed by atoms with Gasteiger partial charge in [-0.05, 0) is 79.7 Å². The molecule has 5 nitrogen and oxygen atoms in total. The van der Waals surface area contributed by atoms with E-state index in [-0.39, 0.29) is 17.4 Å². The molecule has 1 aromatic carbocycles. The van der Waals surface area contributed by atoms with Crippen molar-refractivity contribution in [3.8, 4) is 0 Å². The van der Waals surface area contributed by atoms with Gasteiger partial charge in [0.1, 0.15) is 0 Å². The van der Waals surface area contributed by atoms with Gasteiger partial charge in [0.25, 0.3) is 0 Å². The fraction of sp³-hybridized carbons (Fsp3) is 0.600. The molecule has 0 saturated heterocycles. The third-order valence-electron chi connectivity index (χ3n) is 8.68. The third kappa shape index (κ3) is 2.67. The quantitative estimate of drug-likeness (QED) is 0.851. The highest BCUT2D eigenvalue weighted by Crippen LogP contribution is 2.63. The number of aliphatic carboxylic acids is 1. The first kappa shape index (κ1) is 18.5. The fourth-order valence-electron chi connectivity index (χ4n) is 8.16. The van der Waals surface area contributed by atoms with Crippen molar-refractivity contribution >= 4 is 22.8 Å². The summed E-state index contributed by atoms with van der Waals surface area (Å²) < 4.78 is 0. The van der Waals surface area contributed by atoms with Gasteiger partial charge < -0.3 is 19.8 Å². The number of H-pyrrole nitrogens is 1. The van der Waals surface area contributed by atoms with Crippen molar-refractivity contribution in [2.24, 2.45) is 23.2 Å². The Morgan fingerprint density at radius 3 is 2.33 bits per heavy atom. The summed E-state index contributed by atoms with van der Waals surface area (Å²) in [6, 6.07) is 6.99. The monoisotopic (exact) mass is 405 g/mol. The summed E-state index contributed by atoms with van der Waals surface area (Å²) in [4.78, 5) is 30.1. The predicted octanol–water partition coefficient (Wildman–Crippen LogP) is 3.34. The highest BCUT2D eigenvalue weighted by Gasteiger charge is 2.53. The van der Waals surface area contributed by atoms with Gasteiger partial charge in [-0.1, -0.05) is 18.2 Å². The van der Waals surface area contributed by atoms with Crippen LogP contribution in [0.4, 0.5) is 0 Å². The average molecular weight is 406 g/mol. The highest BCUT2D eigenvalue weighted by molar-refractivity contribution is 5.89. The molecule has 1 aliphatic heterocycles. The number of amides is 1. The van der Waals surface area contributed by atoms with E-state index in [9.17, 15) is 14.7 Å². The van der Waals surface area contributed by atoms with E-state index in [2.05, 4.69) is 11.1 Å². The van der Waals surface area contributed by atoms with Crippen LogP contribution < -0.4 is 5.11 Å². The number of nitrogens with one attached hydrogen (secondary N) is 1. The molecule has 1 aromatic heterocycles. The number of rotatable bonds is 3. The van der Waals surface area contributed by atoms with E-state index in [1.54, 1.807) is 4.90 Å². The Balaban J connectivity index is 1.46. The standard InChI is InChI=1S/C25H30N2O3/c1-14(28)27-21(24(29)30)9-19-18-4-2-3-5-20(18)26-23(19)22(27)13-25-10-15-6-16(11-25)8-17(7-15)12-25/h2-5,15-17,21-22,26H,6-13H2,1H3,(H,29,30)/p-1. The van der Waals surface area contributed by atoms with Gasteiger partial charge in [0.15, 0.2) is 0 Å². The van der Waals surface area contributed by atoms with Crippen LogP contribution in [0.2, 0.25) is 0 Å².